The van der Waals surface area contributed by atoms with Crippen molar-refractivity contribution in [1.82, 2.24) is 4.98 Å². The molecule has 0 aliphatic heterocycles. The highest BCUT2D eigenvalue weighted by Gasteiger charge is 2.05. The van der Waals surface area contributed by atoms with Crippen LogP contribution in [-0.2, 0) is 4.84 Å². The van der Waals surface area contributed by atoms with Crippen LogP contribution in [0.15, 0.2) is 30.5 Å². The molecule has 0 aliphatic rings. The highest BCUT2D eigenvalue weighted by molar-refractivity contribution is 5.80. The molecule has 0 saturated carbocycles. The minimum absolute atomic E-state index is 0.333. The SMILES string of the molecule is CC(CON)c1ccc2[nH]ccc2c1. The fourth-order valence-corrected chi connectivity index (χ4v) is 1.62. The first-order chi connectivity index (χ1) is 6.81. The molecule has 74 valence electrons. The normalized spacial score (nSPS) is 13.3. The van der Waals surface area contributed by atoms with Gasteiger partial charge in [0.05, 0.1) is 6.61 Å². The molecule has 1 heterocycles. The zero-order chi connectivity index (χ0) is 9.97. The zero-order valence-corrected chi connectivity index (χ0v) is 8.16. The van der Waals surface area contributed by atoms with Gasteiger partial charge in [0.1, 0.15) is 0 Å². The van der Waals surface area contributed by atoms with Crippen LogP contribution in [0.25, 0.3) is 10.9 Å². The van der Waals surface area contributed by atoms with Crippen molar-refractivity contribution < 1.29 is 4.84 Å². The maximum atomic E-state index is 5.05. The molecule has 1 atom stereocenters. The summed E-state index contributed by atoms with van der Waals surface area (Å²) in [5.41, 5.74) is 2.41. The van der Waals surface area contributed by atoms with E-state index in [1.807, 2.05) is 6.20 Å². The molecule has 1 unspecified atom stereocenters. The van der Waals surface area contributed by atoms with Crippen LogP contribution < -0.4 is 5.90 Å². The molecule has 3 N–H and O–H groups in total. The Morgan fingerprint density at radius 3 is 3.07 bits per heavy atom. The summed E-state index contributed by atoms with van der Waals surface area (Å²) in [6.45, 7) is 2.65. The number of aromatic amines is 1. The number of fused-ring (bicyclic) bond motifs is 1. The average Bonchev–Trinajstić information content (AvgIpc) is 2.64. The van der Waals surface area contributed by atoms with E-state index in [2.05, 4.69) is 41.0 Å². The second kappa shape index (κ2) is 3.82. The standard InChI is InChI=1S/C11H14N2O/c1-8(7-14-12)9-2-3-11-10(6-9)4-5-13-11/h2-6,8,13H,7,12H2,1H3. The lowest BCUT2D eigenvalue weighted by atomic mass is 10.0. The van der Waals surface area contributed by atoms with Gasteiger partial charge in [-0.2, -0.15) is 0 Å². The summed E-state index contributed by atoms with van der Waals surface area (Å²) < 4.78 is 0. The Morgan fingerprint density at radius 1 is 1.43 bits per heavy atom. The van der Waals surface area contributed by atoms with E-state index in [0.717, 1.165) is 5.52 Å². The van der Waals surface area contributed by atoms with Crippen LogP contribution in [0.1, 0.15) is 18.4 Å². The van der Waals surface area contributed by atoms with Crippen LogP contribution in [0.4, 0.5) is 0 Å². The molecule has 1 aromatic heterocycles. The third kappa shape index (κ3) is 1.64. The average molecular weight is 190 g/mol. The number of rotatable bonds is 3. The monoisotopic (exact) mass is 190 g/mol. The van der Waals surface area contributed by atoms with Crippen molar-refractivity contribution in [2.24, 2.45) is 5.90 Å². The summed E-state index contributed by atoms with van der Waals surface area (Å²) in [5, 5.41) is 1.23. The second-order valence-electron chi connectivity index (χ2n) is 3.56. The minimum Gasteiger partial charge on any atom is -0.361 e. The molecular weight excluding hydrogens is 176 g/mol. The number of nitrogens with two attached hydrogens (primary N) is 1. The predicted octanol–water partition coefficient (Wildman–Crippen LogP) is 2.16. The highest BCUT2D eigenvalue weighted by Crippen LogP contribution is 2.20. The van der Waals surface area contributed by atoms with Gasteiger partial charge in [-0.05, 0) is 29.1 Å². The fourth-order valence-electron chi connectivity index (χ4n) is 1.62. The Hall–Kier alpha value is -1.32. The van der Waals surface area contributed by atoms with Crippen molar-refractivity contribution in [2.45, 2.75) is 12.8 Å². The number of hydrogen-bond acceptors (Lipinski definition) is 2. The number of nitrogens with one attached hydrogen (secondary N) is 1. The van der Waals surface area contributed by atoms with Gasteiger partial charge in [-0.1, -0.05) is 13.0 Å². The van der Waals surface area contributed by atoms with Gasteiger partial charge in [-0.15, -0.1) is 0 Å². The van der Waals surface area contributed by atoms with Crippen molar-refractivity contribution in [3.8, 4) is 0 Å². The molecule has 0 bridgehead atoms. The molecule has 2 rings (SSSR count). The Kier molecular flexibility index (Phi) is 2.52. The summed E-state index contributed by atoms with van der Waals surface area (Å²) in [4.78, 5) is 7.81. The number of aromatic nitrogens is 1. The van der Waals surface area contributed by atoms with Crippen molar-refractivity contribution in [3.05, 3.63) is 36.0 Å². The summed E-state index contributed by atoms with van der Waals surface area (Å²) in [7, 11) is 0. The van der Waals surface area contributed by atoms with Crippen molar-refractivity contribution in [1.29, 1.82) is 0 Å². The van der Waals surface area contributed by atoms with Crippen molar-refractivity contribution >= 4 is 10.9 Å². The third-order valence-corrected chi connectivity index (χ3v) is 2.49. The molecule has 0 radical (unpaired) electrons. The smallest absolute Gasteiger partial charge is 0.0745 e. The van der Waals surface area contributed by atoms with Crippen molar-refractivity contribution in [3.63, 3.8) is 0 Å². The lowest BCUT2D eigenvalue weighted by Gasteiger charge is -2.09. The van der Waals surface area contributed by atoms with E-state index in [9.17, 15) is 0 Å². The predicted molar refractivity (Wildman–Crippen MR) is 56.9 cm³/mol. The Bertz CT molecular complexity index is 422. The van der Waals surface area contributed by atoms with Gasteiger partial charge in [-0.3, -0.25) is 0 Å². The van der Waals surface area contributed by atoms with Crippen LogP contribution in [0.3, 0.4) is 0 Å². The van der Waals surface area contributed by atoms with Crippen molar-refractivity contribution in [2.75, 3.05) is 6.61 Å². The van der Waals surface area contributed by atoms with Gasteiger partial charge in [-0.25, -0.2) is 5.90 Å². The summed E-state index contributed by atoms with van der Waals surface area (Å²) in [6, 6.07) is 8.41. The first-order valence-electron chi connectivity index (χ1n) is 4.70. The Balaban J connectivity index is 2.33. The van der Waals surface area contributed by atoms with E-state index >= 15 is 0 Å². The van der Waals surface area contributed by atoms with Gasteiger partial charge in [0.25, 0.3) is 0 Å². The van der Waals surface area contributed by atoms with E-state index < -0.39 is 0 Å². The Labute approximate surface area is 82.8 Å². The molecule has 14 heavy (non-hydrogen) atoms. The van der Waals surface area contributed by atoms with Gasteiger partial charge in [0, 0.05) is 17.6 Å². The highest BCUT2D eigenvalue weighted by atomic mass is 16.6. The molecule has 3 nitrogen and oxygen atoms in total. The maximum Gasteiger partial charge on any atom is 0.0745 e. The molecule has 0 fully saturated rings. The topological polar surface area (TPSA) is 51.0 Å². The summed E-state index contributed by atoms with van der Waals surface area (Å²) in [6.07, 6.45) is 1.94. The van der Waals surface area contributed by atoms with E-state index in [-0.39, 0.29) is 0 Å². The molecule has 0 spiro atoms. The van der Waals surface area contributed by atoms with Gasteiger partial charge in [0.2, 0.25) is 0 Å². The van der Waals surface area contributed by atoms with E-state index in [4.69, 9.17) is 5.90 Å². The van der Waals surface area contributed by atoms with Gasteiger partial charge >= 0.3 is 0 Å². The molecule has 1 aromatic carbocycles. The molecular formula is C11H14N2O. The van der Waals surface area contributed by atoms with Crippen LogP contribution >= 0.6 is 0 Å². The number of H-pyrrole nitrogens is 1. The van der Waals surface area contributed by atoms with Crippen LogP contribution in [0.5, 0.6) is 0 Å². The van der Waals surface area contributed by atoms with E-state index in [1.165, 1.54) is 10.9 Å². The quantitative estimate of drug-likeness (QED) is 0.729. The Morgan fingerprint density at radius 2 is 2.29 bits per heavy atom. The number of benzene rings is 1. The van der Waals surface area contributed by atoms with Crippen LogP contribution in [0.2, 0.25) is 0 Å². The molecule has 0 saturated heterocycles. The maximum absolute atomic E-state index is 5.05. The zero-order valence-electron chi connectivity index (χ0n) is 8.16. The van der Waals surface area contributed by atoms with Gasteiger partial charge < -0.3 is 9.82 Å². The molecule has 0 aliphatic carbocycles. The molecule has 2 aromatic rings. The lowest BCUT2D eigenvalue weighted by Crippen LogP contribution is -2.08. The van der Waals surface area contributed by atoms with Gasteiger partial charge in [0.15, 0.2) is 0 Å². The summed E-state index contributed by atoms with van der Waals surface area (Å²) in [5.74, 6) is 5.39. The first-order valence-corrected chi connectivity index (χ1v) is 4.70. The molecule has 3 heteroatoms. The summed E-state index contributed by atoms with van der Waals surface area (Å²) >= 11 is 0. The first kappa shape index (κ1) is 9.24. The lowest BCUT2D eigenvalue weighted by molar-refractivity contribution is 0.126. The largest absolute Gasteiger partial charge is 0.361 e. The molecule has 0 amide bonds. The second-order valence-corrected chi connectivity index (χ2v) is 3.56. The van der Waals surface area contributed by atoms with Crippen LogP contribution in [0, 0.1) is 0 Å². The van der Waals surface area contributed by atoms with E-state index in [1.54, 1.807) is 0 Å². The minimum atomic E-state index is 0.333. The van der Waals surface area contributed by atoms with E-state index in [0.29, 0.717) is 12.5 Å². The third-order valence-electron chi connectivity index (χ3n) is 2.49. The fraction of sp³-hybridized carbons (Fsp3) is 0.273. The van der Waals surface area contributed by atoms with Crippen LogP contribution in [-0.4, -0.2) is 11.6 Å². The number of hydrogen-bond donors (Lipinski definition) is 2.